The third-order valence-electron chi connectivity index (χ3n) is 6.01. The standard InChI is InChI=1S/C25H22F4N4O2/c1-35-21-12-22(33-8-6-17(31)7-9-33)32-24(15-2-3-16(13-30)19(26)10-15)23(21)14-4-5-18(20(34)11-14)25(27,28)29/h2-5,10-12,17,34H,6-9,31H2,1H3. The number of piperidine rings is 1. The second kappa shape index (κ2) is 9.43. The number of nitrogens with two attached hydrogens (primary N) is 1. The van der Waals surface area contributed by atoms with Gasteiger partial charge >= 0.3 is 6.18 Å². The van der Waals surface area contributed by atoms with E-state index in [1.807, 2.05) is 4.90 Å². The fraction of sp³-hybridized carbons (Fsp3) is 0.280. The smallest absolute Gasteiger partial charge is 0.419 e. The normalized spacial score (nSPS) is 14.6. The summed E-state index contributed by atoms with van der Waals surface area (Å²) >= 11 is 0. The predicted molar refractivity (Wildman–Crippen MR) is 122 cm³/mol. The second-order valence-electron chi connectivity index (χ2n) is 8.27. The summed E-state index contributed by atoms with van der Waals surface area (Å²) in [5.41, 5.74) is 5.68. The number of methoxy groups -OCH3 is 1. The predicted octanol–water partition coefficient (Wildman–Crippen LogP) is 5.09. The Balaban J connectivity index is 1.93. The van der Waals surface area contributed by atoms with Crippen LogP contribution in [0.5, 0.6) is 11.5 Å². The van der Waals surface area contributed by atoms with Gasteiger partial charge in [0.2, 0.25) is 0 Å². The molecule has 2 aromatic carbocycles. The zero-order chi connectivity index (χ0) is 25.3. The molecule has 1 saturated heterocycles. The summed E-state index contributed by atoms with van der Waals surface area (Å²) < 4.78 is 59.7. The number of benzene rings is 2. The Morgan fingerprint density at radius 1 is 1.11 bits per heavy atom. The minimum atomic E-state index is -4.73. The molecule has 2 heterocycles. The Morgan fingerprint density at radius 3 is 2.37 bits per heavy atom. The molecule has 10 heteroatoms. The number of phenols is 1. The number of hydrogen-bond acceptors (Lipinski definition) is 6. The third kappa shape index (κ3) is 4.86. The summed E-state index contributed by atoms with van der Waals surface area (Å²) in [6.07, 6.45) is -3.23. The summed E-state index contributed by atoms with van der Waals surface area (Å²) in [6.45, 7) is 1.28. The molecule has 1 aliphatic rings. The summed E-state index contributed by atoms with van der Waals surface area (Å²) in [5.74, 6) is -0.901. The molecule has 0 atom stereocenters. The van der Waals surface area contributed by atoms with Crippen LogP contribution in [0.3, 0.4) is 0 Å². The van der Waals surface area contributed by atoms with Crippen LogP contribution in [-0.2, 0) is 6.18 Å². The van der Waals surface area contributed by atoms with Gasteiger partial charge in [-0.3, -0.25) is 0 Å². The van der Waals surface area contributed by atoms with Crippen LogP contribution in [0.15, 0.2) is 42.5 Å². The van der Waals surface area contributed by atoms with Crippen LogP contribution in [0.4, 0.5) is 23.4 Å². The highest BCUT2D eigenvalue weighted by Crippen LogP contribution is 2.44. The van der Waals surface area contributed by atoms with Gasteiger partial charge in [0.05, 0.1) is 29.5 Å². The minimum absolute atomic E-state index is 0.0784. The molecule has 6 nitrogen and oxygen atoms in total. The van der Waals surface area contributed by atoms with Gasteiger partial charge in [-0.2, -0.15) is 18.4 Å². The van der Waals surface area contributed by atoms with E-state index in [9.17, 15) is 22.7 Å². The first kappa shape index (κ1) is 24.3. The lowest BCUT2D eigenvalue weighted by molar-refractivity contribution is -0.138. The average molecular weight is 486 g/mol. The number of anilines is 1. The quantitative estimate of drug-likeness (QED) is 0.499. The Kier molecular flexibility index (Phi) is 6.54. The number of aromatic nitrogens is 1. The lowest BCUT2D eigenvalue weighted by atomic mass is 9.95. The first-order chi connectivity index (χ1) is 16.6. The van der Waals surface area contributed by atoms with Crippen molar-refractivity contribution in [2.45, 2.75) is 25.1 Å². The van der Waals surface area contributed by atoms with E-state index in [0.29, 0.717) is 24.5 Å². The summed E-state index contributed by atoms with van der Waals surface area (Å²) in [5, 5.41) is 19.2. The molecule has 0 radical (unpaired) electrons. The van der Waals surface area contributed by atoms with Gasteiger partial charge < -0.3 is 20.5 Å². The van der Waals surface area contributed by atoms with E-state index in [4.69, 9.17) is 20.7 Å². The molecule has 1 aromatic heterocycles. The molecule has 1 fully saturated rings. The first-order valence-electron chi connectivity index (χ1n) is 10.8. The van der Waals surface area contributed by atoms with E-state index in [1.165, 1.54) is 25.3 Å². The maximum absolute atomic E-state index is 14.5. The van der Waals surface area contributed by atoms with Gasteiger partial charge in [0.25, 0.3) is 0 Å². The van der Waals surface area contributed by atoms with Crippen molar-refractivity contribution in [3.8, 4) is 40.0 Å². The Labute approximate surface area is 199 Å². The molecule has 4 rings (SSSR count). The highest BCUT2D eigenvalue weighted by molar-refractivity contribution is 5.87. The molecule has 3 aromatic rings. The van der Waals surface area contributed by atoms with E-state index in [1.54, 1.807) is 12.1 Å². The van der Waals surface area contributed by atoms with E-state index >= 15 is 0 Å². The van der Waals surface area contributed by atoms with Gasteiger partial charge in [-0.1, -0.05) is 12.1 Å². The Morgan fingerprint density at radius 2 is 1.80 bits per heavy atom. The zero-order valence-corrected chi connectivity index (χ0v) is 18.7. The molecule has 0 spiro atoms. The Bertz CT molecular complexity index is 1300. The van der Waals surface area contributed by atoms with Crippen LogP contribution in [0, 0.1) is 17.1 Å². The maximum Gasteiger partial charge on any atom is 0.419 e. The van der Waals surface area contributed by atoms with E-state index < -0.39 is 23.3 Å². The van der Waals surface area contributed by atoms with Gasteiger partial charge in [-0.15, -0.1) is 0 Å². The third-order valence-corrected chi connectivity index (χ3v) is 6.01. The highest BCUT2D eigenvalue weighted by Gasteiger charge is 2.34. The number of halogens is 4. The zero-order valence-electron chi connectivity index (χ0n) is 18.7. The fourth-order valence-corrected chi connectivity index (χ4v) is 4.13. The number of rotatable bonds is 4. The maximum atomic E-state index is 14.5. The van der Waals surface area contributed by atoms with Crippen LogP contribution in [0.25, 0.3) is 22.4 Å². The van der Waals surface area contributed by atoms with Gasteiger partial charge in [-0.05, 0) is 42.7 Å². The number of alkyl halides is 3. The number of hydrogen-bond donors (Lipinski definition) is 2. The Hall–Kier alpha value is -3.84. The van der Waals surface area contributed by atoms with Gasteiger partial charge in [0, 0.05) is 30.8 Å². The largest absolute Gasteiger partial charge is 0.507 e. The topological polar surface area (TPSA) is 95.4 Å². The van der Waals surface area contributed by atoms with Crippen LogP contribution in [-0.4, -0.2) is 36.3 Å². The monoisotopic (exact) mass is 486 g/mol. The molecule has 0 unspecified atom stereocenters. The van der Waals surface area contributed by atoms with Crippen molar-refractivity contribution < 1.29 is 27.4 Å². The van der Waals surface area contributed by atoms with Crippen molar-refractivity contribution in [3.05, 3.63) is 59.4 Å². The van der Waals surface area contributed by atoms with Crippen molar-refractivity contribution in [1.82, 2.24) is 4.98 Å². The van der Waals surface area contributed by atoms with Crippen LogP contribution < -0.4 is 15.4 Å². The molecule has 1 aliphatic heterocycles. The van der Waals surface area contributed by atoms with Crippen molar-refractivity contribution in [3.63, 3.8) is 0 Å². The second-order valence-corrected chi connectivity index (χ2v) is 8.27. The van der Waals surface area contributed by atoms with Crippen molar-refractivity contribution in [2.75, 3.05) is 25.1 Å². The van der Waals surface area contributed by atoms with E-state index in [-0.39, 0.29) is 34.2 Å². The molecule has 0 saturated carbocycles. The molecular formula is C25H22F4N4O2. The first-order valence-corrected chi connectivity index (χ1v) is 10.8. The average Bonchev–Trinajstić information content (AvgIpc) is 2.82. The molecule has 182 valence electrons. The van der Waals surface area contributed by atoms with Crippen LogP contribution >= 0.6 is 0 Å². The summed E-state index contributed by atoms with van der Waals surface area (Å²) in [6, 6.07) is 10.4. The number of nitrogens with zero attached hydrogens (tertiary/aromatic N) is 3. The lowest BCUT2D eigenvalue weighted by Gasteiger charge is -2.32. The molecule has 35 heavy (non-hydrogen) atoms. The molecule has 0 aliphatic carbocycles. The molecule has 0 bridgehead atoms. The van der Waals surface area contributed by atoms with Crippen molar-refractivity contribution in [2.24, 2.45) is 5.73 Å². The summed E-state index contributed by atoms with van der Waals surface area (Å²) in [7, 11) is 1.40. The number of aromatic hydroxyl groups is 1. The van der Waals surface area contributed by atoms with Crippen molar-refractivity contribution >= 4 is 5.82 Å². The molecule has 3 N–H and O–H groups in total. The molecule has 0 amide bonds. The molecular weight excluding hydrogens is 464 g/mol. The SMILES string of the molecule is COc1cc(N2CCC(N)CC2)nc(-c2ccc(C#N)c(F)c2)c1-c1ccc(C(F)(F)F)c(O)c1. The van der Waals surface area contributed by atoms with Gasteiger partial charge in [-0.25, -0.2) is 9.37 Å². The van der Waals surface area contributed by atoms with E-state index in [2.05, 4.69) is 0 Å². The number of pyridine rings is 1. The van der Waals surface area contributed by atoms with Crippen molar-refractivity contribution in [1.29, 1.82) is 5.26 Å². The van der Waals surface area contributed by atoms with Gasteiger partial charge in [0.15, 0.2) is 0 Å². The lowest BCUT2D eigenvalue weighted by Crippen LogP contribution is -2.40. The highest BCUT2D eigenvalue weighted by atomic mass is 19.4. The number of phenolic OH excluding ortho intramolecular Hbond substituents is 1. The summed E-state index contributed by atoms with van der Waals surface area (Å²) in [4.78, 5) is 6.73. The van der Waals surface area contributed by atoms with Crippen LogP contribution in [0.1, 0.15) is 24.0 Å². The van der Waals surface area contributed by atoms with E-state index in [0.717, 1.165) is 31.0 Å². The van der Waals surface area contributed by atoms with Crippen LogP contribution in [0.2, 0.25) is 0 Å². The number of ether oxygens (including phenoxy) is 1. The van der Waals surface area contributed by atoms with Gasteiger partial charge in [0.1, 0.15) is 29.2 Å². The fourth-order valence-electron chi connectivity index (χ4n) is 4.13. The number of nitriles is 1. The minimum Gasteiger partial charge on any atom is -0.507 e.